The summed E-state index contributed by atoms with van der Waals surface area (Å²) in [6.45, 7) is 6.74. The van der Waals surface area contributed by atoms with Crippen LogP contribution in [0.2, 0.25) is 0 Å². The smallest absolute Gasteiger partial charge is 0.310 e. The summed E-state index contributed by atoms with van der Waals surface area (Å²) in [6.07, 6.45) is 0.532. The SMILES string of the molecule is CCC(C)(C(=O)O)C(C)SC(C)=O. The molecule has 13 heavy (non-hydrogen) atoms. The van der Waals surface area contributed by atoms with Gasteiger partial charge in [0.05, 0.1) is 5.41 Å². The predicted octanol–water partition coefficient (Wildman–Crippen LogP) is 2.16. The van der Waals surface area contributed by atoms with Crippen molar-refractivity contribution in [1.29, 1.82) is 0 Å². The number of carboxylic acids is 1. The van der Waals surface area contributed by atoms with E-state index in [4.69, 9.17) is 5.11 Å². The fourth-order valence-electron chi connectivity index (χ4n) is 0.992. The number of carbonyl (C=O) groups is 2. The highest BCUT2D eigenvalue weighted by atomic mass is 32.2. The second-order valence-electron chi connectivity index (χ2n) is 3.33. The van der Waals surface area contributed by atoms with Gasteiger partial charge in [0.2, 0.25) is 0 Å². The Bertz CT molecular complexity index is 215. The highest BCUT2D eigenvalue weighted by Gasteiger charge is 2.38. The van der Waals surface area contributed by atoms with Gasteiger partial charge in [-0.25, -0.2) is 0 Å². The molecule has 2 atom stereocenters. The predicted molar refractivity (Wildman–Crippen MR) is 53.8 cm³/mol. The first kappa shape index (κ1) is 12.5. The first-order valence-electron chi connectivity index (χ1n) is 4.25. The highest BCUT2D eigenvalue weighted by molar-refractivity contribution is 8.14. The Morgan fingerprint density at radius 1 is 1.54 bits per heavy atom. The van der Waals surface area contributed by atoms with Gasteiger partial charge in [-0.15, -0.1) is 0 Å². The van der Waals surface area contributed by atoms with Gasteiger partial charge in [-0.2, -0.15) is 0 Å². The summed E-state index contributed by atoms with van der Waals surface area (Å²) >= 11 is 1.09. The van der Waals surface area contributed by atoms with E-state index >= 15 is 0 Å². The zero-order chi connectivity index (χ0) is 10.6. The van der Waals surface area contributed by atoms with E-state index in [2.05, 4.69) is 0 Å². The molecule has 0 aromatic rings. The van der Waals surface area contributed by atoms with Crippen LogP contribution >= 0.6 is 11.8 Å². The van der Waals surface area contributed by atoms with Crippen molar-refractivity contribution in [1.82, 2.24) is 0 Å². The van der Waals surface area contributed by atoms with Crippen LogP contribution in [0.4, 0.5) is 0 Å². The number of hydrogen-bond acceptors (Lipinski definition) is 3. The third kappa shape index (κ3) is 3.03. The topological polar surface area (TPSA) is 54.4 Å². The van der Waals surface area contributed by atoms with Crippen molar-refractivity contribution in [2.45, 2.75) is 39.4 Å². The largest absolute Gasteiger partial charge is 0.481 e. The lowest BCUT2D eigenvalue weighted by Gasteiger charge is -2.28. The molecule has 0 spiro atoms. The third-order valence-corrected chi connectivity index (χ3v) is 3.67. The van der Waals surface area contributed by atoms with Crippen LogP contribution in [0.5, 0.6) is 0 Å². The lowest BCUT2D eigenvalue weighted by atomic mass is 9.84. The minimum Gasteiger partial charge on any atom is -0.481 e. The molecule has 0 aliphatic rings. The number of carboxylic acid groups (broad SMARTS) is 1. The summed E-state index contributed by atoms with van der Waals surface area (Å²) < 4.78 is 0. The Labute approximate surface area is 82.9 Å². The van der Waals surface area contributed by atoms with Crippen molar-refractivity contribution in [3.8, 4) is 0 Å². The number of aliphatic carboxylic acids is 1. The van der Waals surface area contributed by atoms with Gasteiger partial charge < -0.3 is 5.11 Å². The van der Waals surface area contributed by atoms with E-state index in [1.807, 2.05) is 6.92 Å². The molecule has 0 bridgehead atoms. The zero-order valence-corrected chi connectivity index (χ0v) is 9.27. The third-order valence-electron chi connectivity index (χ3n) is 2.46. The first-order chi connectivity index (χ1) is 5.84. The van der Waals surface area contributed by atoms with Crippen molar-refractivity contribution in [3.63, 3.8) is 0 Å². The lowest BCUT2D eigenvalue weighted by molar-refractivity contribution is -0.147. The Kier molecular flexibility index (Phi) is 4.47. The molecule has 0 aliphatic heterocycles. The molecular formula is C9H16O3S. The summed E-state index contributed by atoms with van der Waals surface area (Å²) in [6, 6.07) is 0. The van der Waals surface area contributed by atoms with Gasteiger partial charge in [-0.3, -0.25) is 9.59 Å². The summed E-state index contributed by atoms with van der Waals surface area (Å²) in [5, 5.41) is 8.77. The van der Waals surface area contributed by atoms with E-state index in [0.717, 1.165) is 11.8 Å². The Balaban J connectivity index is 4.56. The molecule has 2 unspecified atom stereocenters. The maximum Gasteiger partial charge on any atom is 0.310 e. The molecular weight excluding hydrogens is 188 g/mol. The Hall–Kier alpha value is -0.510. The number of rotatable bonds is 4. The van der Waals surface area contributed by atoms with Gasteiger partial charge >= 0.3 is 5.97 Å². The van der Waals surface area contributed by atoms with E-state index in [1.54, 1.807) is 13.8 Å². The van der Waals surface area contributed by atoms with Crippen LogP contribution in [0.15, 0.2) is 0 Å². The number of hydrogen-bond donors (Lipinski definition) is 1. The fraction of sp³-hybridized carbons (Fsp3) is 0.778. The van der Waals surface area contributed by atoms with Crippen molar-refractivity contribution >= 4 is 22.8 Å². The van der Waals surface area contributed by atoms with Crippen molar-refractivity contribution in [2.75, 3.05) is 0 Å². The van der Waals surface area contributed by atoms with Crippen LogP contribution in [0, 0.1) is 5.41 Å². The highest BCUT2D eigenvalue weighted by Crippen LogP contribution is 2.34. The van der Waals surface area contributed by atoms with Crippen molar-refractivity contribution in [3.05, 3.63) is 0 Å². The standard InChI is InChI=1S/C9H16O3S/c1-5-9(4,8(11)12)6(2)13-7(3)10/h6H,5H2,1-4H3,(H,11,12). The van der Waals surface area contributed by atoms with Crippen LogP contribution in [0.3, 0.4) is 0 Å². The van der Waals surface area contributed by atoms with E-state index in [0.29, 0.717) is 6.42 Å². The zero-order valence-electron chi connectivity index (χ0n) is 8.46. The quantitative estimate of drug-likeness (QED) is 0.762. The van der Waals surface area contributed by atoms with E-state index in [1.165, 1.54) is 6.92 Å². The number of thioether (sulfide) groups is 1. The minimum atomic E-state index is -0.837. The maximum absolute atomic E-state index is 11.0. The average Bonchev–Trinajstić information content (AvgIpc) is 2.01. The monoisotopic (exact) mass is 204 g/mol. The lowest BCUT2D eigenvalue weighted by Crippen LogP contribution is -2.36. The molecule has 4 heteroatoms. The summed E-state index contributed by atoms with van der Waals surface area (Å²) in [7, 11) is 0. The molecule has 0 amide bonds. The normalized spacial score (nSPS) is 17.5. The van der Waals surface area contributed by atoms with Gasteiger partial charge in [0.15, 0.2) is 5.12 Å². The molecule has 0 saturated heterocycles. The molecule has 3 nitrogen and oxygen atoms in total. The van der Waals surface area contributed by atoms with Gasteiger partial charge in [-0.1, -0.05) is 25.6 Å². The summed E-state index contributed by atoms with van der Waals surface area (Å²) in [5.41, 5.74) is -0.809. The van der Waals surface area contributed by atoms with Gasteiger partial charge in [0.25, 0.3) is 0 Å². The first-order valence-corrected chi connectivity index (χ1v) is 5.13. The molecule has 0 heterocycles. The molecule has 0 aromatic heterocycles. The second-order valence-corrected chi connectivity index (χ2v) is 4.85. The molecule has 0 aromatic carbocycles. The van der Waals surface area contributed by atoms with Crippen LogP contribution < -0.4 is 0 Å². The molecule has 0 fully saturated rings. The van der Waals surface area contributed by atoms with Gasteiger partial charge in [-0.05, 0) is 13.3 Å². The van der Waals surface area contributed by atoms with Crippen LogP contribution in [0.1, 0.15) is 34.1 Å². The summed E-state index contributed by atoms with van der Waals surface area (Å²) in [4.78, 5) is 21.8. The van der Waals surface area contributed by atoms with E-state index in [-0.39, 0.29) is 10.4 Å². The fourth-order valence-corrected chi connectivity index (χ4v) is 2.02. The summed E-state index contributed by atoms with van der Waals surface area (Å²) in [5.74, 6) is -0.837. The maximum atomic E-state index is 11.0. The van der Waals surface area contributed by atoms with Crippen molar-refractivity contribution in [2.24, 2.45) is 5.41 Å². The molecule has 0 aliphatic carbocycles. The van der Waals surface area contributed by atoms with E-state index in [9.17, 15) is 9.59 Å². The minimum absolute atomic E-state index is 0.0339. The van der Waals surface area contributed by atoms with Crippen LogP contribution in [-0.4, -0.2) is 21.4 Å². The van der Waals surface area contributed by atoms with E-state index < -0.39 is 11.4 Å². The second kappa shape index (κ2) is 4.65. The number of carbonyl (C=O) groups excluding carboxylic acids is 1. The molecule has 1 N–H and O–H groups in total. The average molecular weight is 204 g/mol. The molecule has 0 saturated carbocycles. The Morgan fingerprint density at radius 3 is 2.23 bits per heavy atom. The Morgan fingerprint density at radius 2 is 2.00 bits per heavy atom. The van der Waals surface area contributed by atoms with Crippen LogP contribution in [0.25, 0.3) is 0 Å². The van der Waals surface area contributed by atoms with Gasteiger partial charge in [0.1, 0.15) is 0 Å². The molecule has 0 rings (SSSR count). The molecule has 76 valence electrons. The van der Waals surface area contributed by atoms with Crippen molar-refractivity contribution < 1.29 is 14.7 Å². The van der Waals surface area contributed by atoms with Crippen LogP contribution in [-0.2, 0) is 9.59 Å². The molecule has 0 radical (unpaired) electrons. The van der Waals surface area contributed by atoms with Gasteiger partial charge in [0, 0.05) is 12.2 Å².